The standard InChI is InChI=1S/C14H20FN3O/c15-13-4-1-3-12(11-13)14(19)18-7-2-6-17(8-5-16)9-10-18/h1,3-4,11H,2,5-10,16H2. The highest BCUT2D eigenvalue weighted by Crippen LogP contribution is 2.10. The van der Waals surface area contributed by atoms with Crippen molar-refractivity contribution in [3.63, 3.8) is 0 Å². The van der Waals surface area contributed by atoms with E-state index in [1.807, 2.05) is 0 Å². The molecule has 0 bridgehead atoms. The Kier molecular flexibility index (Phi) is 4.87. The summed E-state index contributed by atoms with van der Waals surface area (Å²) in [6.07, 6.45) is 0.932. The van der Waals surface area contributed by atoms with Gasteiger partial charge in [-0.3, -0.25) is 4.79 Å². The SMILES string of the molecule is NCCN1CCCN(C(=O)c2cccc(F)c2)CC1. The molecular weight excluding hydrogens is 245 g/mol. The number of nitrogens with two attached hydrogens (primary N) is 1. The first-order valence-electron chi connectivity index (χ1n) is 6.68. The van der Waals surface area contributed by atoms with Gasteiger partial charge in [-0.25, -0.2) is 4.39 Å². The molecule has 1 saturated heterocycles. The van der Waals surface area contributed by atoms with Gasteiger partial charge in [-0.1, -0.05) is 6.07 Å². The lowest BCUT2D eigenvalue weighted by atomic mass is 10.2. The molecule has 0 saturated carbocycles. The average Bonchev–Trinajstić information content (AvgIpc) is 2.64. The van der Waals surface area contributed by atoms with E-state index in [2.05, 4.69) is 4.90 Å². The zero-order valence-electron chi connectivity index (χ0n) is 11.0. The number of carbonyl (C=O) groups is 1. The van der Waals surface area contributed by atoms with Crippen LogP contribution in [0, 0.1) is 5.82 Å². The largest absolute Gasteiger partial charge is 0.337 e. The molecule has 1 aromatic rings. The molecule has 1 amide bonds. The van der Waals surface area contributed by atoms with Crippen molar-refractivity contribution in [1.29, 1.82) is 0 Å². The third-order valence-corrected chi connectivity index (χ3v) is 3.39. The van der Waals surface area contributed by atoms with Crippen molar-refractivity contribution in [3.05, 3.63) is 35.6 Å². The first-order chi connectivity index (χ1) is 9.20. The summed E-state index contributed by atoms with van der Waals surface area (Å²) in [5.41, 5.74) is 5.97. The van der Waals surface area contributed by atoms with Gasteiger partial charge >= 0.3 is 0 Å². The van der Waals surface area contributed by atoms with Crippen molar-refractivity contribution in [2.24, 2.45) is 5.73 Å². The topological polar surface area (TPSA) is 49.6 Å². The lowest BCUT2D eigenvalue weighted by molar-refractivity contribution is 0.0761. The van der Waals surface area contributed by atoms with Gasteiger partial charge in [0, 0.05) is 38.3 Å². The Morgan fingerprint density at radius 1 is 1.26 bits per heavy atom. The highest BCUT2D eigenvalue weighted by atomic mass is 19.1. The van der Waals surface area contributed by atoms with E-state index in [0.717, 1.165) is 32.6 Å². The maximum Gasteiger partial charge on any atom is 0.254 e. The maximum atomic E-state index is 13.1. The molecule has 2 rings (SSSR count). The molecule has 4 nitrogen and oxygen atoms in total. The normalized spacial score (nSPS) is 17.3. The summed E-state index contributed by atoms with van der Waals surface area (Å²) >= 11 is 0. The van der Waals surface area contributed by atoms with Gasteiger partial charge in [-0.05, 0) is 31.2 Å². The van der Waals surface area contributed by atoms with Crippen LogP contribution in [0.1, 0.15) is 16.8 Å². The van der Waals surface area contributed by atoms with Crippen LogP contribution in [0.3, 0.4) is 0 Å². The zero-order chi connectivity index (χ0) is 13.7. The third kappa shape index (κ3) is 3.75. The fourth-order valence-electron chi connectivity index (χ4n) is 2.38. The first-order valence-corrected chi connectivity index (χ1v) is 6.68. The predicted molar refractivity (Wildman–Crippen MR) is 72.4 cm³/mol. The van der Waals surface area contributed by atoms with E-state index >= 15 is 0 Å². The van der Waals surface area contributed by atoms with Gasteiger partial charge in [0.25, 0.3) is 5.91 Å². The van der Waals surface area contributed by atoms with Crippen LogP contribution >= 0.6 is 0 Å². The molecule has 0 unspecified atom stereocenters. The molecule has 1 aliphatic rings. The van der Waals surface area contributed by atoms with Crippen LogP contribution in [0.15, 0.2) is 24.3 Å². The van der Waals surface area contributed by atoms with Crippen LogP contribution < -0.4 is 5.73 Å². The number of benzene rings is 1. The van der Waals surface area contributed by atoms with Gasteiger partial charge in [0.1, 0.15) is 5.82 Å². The molecule has 0 radical (unpaired) electrons. The van der Waals surface area contributed by atoms with E-state index in [1.54, 1.807) is 17.0 Å². The highest BCUT2D eigenvalue weighted by Gasteiger charge is 2.20. The number of halogens is 1. The lowest BCUT2D eigenvalue weighted by Gasteiger charge is -2.21. The van der Waals surface area contributed by atoms with Gasteiger partial charge in [0.2, 0.25) is 0 Å². The summed E-state index contributed by atoms with van der Waals surface area (Å²) in [7, 11) is 0. The number of nitrogens with zero attached hydrogens (tertiary/aromatic N) is 2. The Morgan fingerprint density at radius 3 is 2.84 bits per heavy atom. The van der Waals surface area contributed by atoms with Gasteiger partial charge in [0.05, 0.1) is 0 Å². The van der Waals surface area contributed by atoms with E-state index in [9.17, 15) is 9.18 Å². The van der Waals surface area contributed by atoms with Crippen LogP contribution in [0.5, 0.6) is 0 Å². The fourth-order valence-corrected chi connectivity index (χ4v) is 2.38. The van der Waals surface area contributed by atoms with Gasteiger partial charge in [-0.15, -0.1) is 0 Å². The van der Waals surface area contributed by atoms with E-state index in [0.29, 0.717) is 18.7 Å². The Labute approximate surface area is 113 Å². The van der Waals surface area contributed by atoms with Gasteiger partial charge < -0.3 is 15.5 Å². The quantitative estimate of drug-likeness (QED) is 0.884. The summed E-state index contributed by atoms with van der Waals surface area (Å²) in [5.74, 6) is -0.459. The van der Waals surface area contributed by atoms with Crippen molar-refractivity contribution in [1.82, 2.24) is 9.80 Å². The molecule has 104 valence electrons. The number of hydrogen-bond acceptors (Lipinski definition) is 3. The van der Waals surface area contributed by atoms with E-state index < -0.39 is 0 Å². The summed E-state index contributed by atoms with van der Waals surface area (Å²) in [6, 6.07) is 5.88. The Balaban J connectivity index is 2.00. The number of hydrogen-bond donors (Lipinski definition) is 1. The van der Waals surface area contributed by atoms with Crippen molar-refractivity contribution in [2.75, 3.05) is 39.3 Å². The Hall–Kier alpha value is -1.46. The van der Waals surface area contributed by atoms with Crippen LogP contribution in [-0.2, 0) is 0 Å². The summed E-state index contributed by atoms with van der Waals surface area (Å²) in [6.45, 7) is 4.69. The predicted octanol–water partition coefficient (Wildman–Crippen LogP) is 0.932. The van der Waals surface area contributed by atoms with Crippen LogP contribution in [0.2, 0.25) is 0 Å². The van der Waals surface area contributed by atoms with Crippen molar-refractivity contribution < 1.29 is 9.18 Å². The average molecular weight is 265 g/mol. The second kappa shape index (κ2) is 6.63. The van der Waals surface area contributed by atoms with Gasteiger partial charge in [-0.2, -0.15) is 0 Å². The van der Waals surface area contributed by atoms with Crippen LogP contribution in [-0.4, -0.2) is 55.0 Å². The smallest absolute Gasteiger partial charge is 0.254 e. The molecule has 1 heterocycles. The fraction of sp³-hybridized carbons (Fsp3) is 0.500. The zero-order valence-corrected chi connectivity index (χ0v) is 11.0. The number of rotatable bonds is 3. The molecule has 1 aliphatic heterocycles. The molecule has 2 N–H and O–H groups in total. The van der Waals surface area contributed by atoms with Crippen LogP contribution in [0.4, 0.5) is 4.39 Å². The lowest BCUT2D eigenvalue weighted by Crippen LogP contribution is -2.36. The first kappa shape index (κ1) is 14.0. The third-order valence-electron chi connectivity index (χ3n) is 3.39. The molecule has 0 aromatic heterocycles. The van der Waals surface area contributed by atoms with E-state index in [4.69, 9.17) is 5.73 Å². The Morgan fingerprint density at radius 2 is 2.11 bits per heavy atom. The van der Waals surface area contributed by atoms with E-state index in [1.165, 1.54) is 12.1 Å². The summed E-state index contributed by atoms with van der Waals surface area (Å²) < 4.78 is 13.1. The van der Waals surface area contributed by atoms with Crippen LogP contribution in [0.25, 0.3) is 0 Å². The highest BCUT2D eigenvalue weighted by molar-refractivity contribution is 5.94. The van der Waals surface area contributed by atoms with Gasteiger partial charge in [0.15, 0.2) is 0 Å². The summed E-state index contributed by atoms with van der Waals surface area (Å²) in [5, 5.41) is 0. The summed E-state index contributed by atoms with van der Waals surface area (Å²) in [4.78, 5) is 16.3. The molecule has 0 atom stereocenters. The maximum absolute atomic E-state index is 13.1. The number of amides is 1. The van der Waals surface area contributed by atoms with E-state index in [-0.39, 0.29) is 11.7 Å². The molecular formula is C14H20FN3O. The Bertz CT molecular complexity index is 438. The monoisotopic (exact) mass is 265 g/mol. The van der Waals surface area contributed by atoms with Crippen molar-refractivity contribution >= 4 is 5.91 Å². The number of carbonyl (C=O) groups excluding carboxylic acids is 1. The minimum Gasteiger partial charge on any atom is -0.337 e. The van der Waals surface area contributed by atoms with Crippen molar-refractivity contribution in [3.8, 4) is 0 Å². The molecule has 1 fully saturated rings. The minimum absolute atomic E-state index is 0.0888. The molecule has 1 aromatic carbocycles. The molecule has 19 heavy (non-hydrogen) atoms. The second-order valence-electron chi connectivity index (χ2n) is 4.79. The molecule has 0 aliphatic carbocycles. The van der Waals surface area contributed by atoms with Crippen molar-refractivity contribution in [2.45, 2.75) is 6.42 Å². The molecule has 5 heteroatoms. The molecule has 0 spiro atoms. The second-order valence-corrected chi connectivity index (χ2v) is 4.79. The minimum atomic E-state index is -0.370.